The summed E-state index contributed by atoms with van der Waals surface area (Å²) in [7, 11) is -2.43. The van der Waals surface area contributed by atoms with Crippen molar-refractivity contribution in [3.8, 4) is 11.5 Å². The number of aliphatic carboxylic acids is 1. The Morgan fingerprint density at radius 2 is 1.87 bits per heavy atom. The molecule has 1 aliphatic heterocycles. The van der Waals surface area contributed by atoms with Gasteiger partial charge in [0, 0.05) is 0 Å². The molecule has 1 amide bonds. The van der Waals surface area contributed by atoms with Crippen LogP contribution in [0.5, 0.6) is 11.5 Å². The van der Waals surface area contributed by atoms with Crippen LogP contribution in [0.1, 0.15) is 12.5 Å². The van der Waals surface area contributed by atoms with Gasteiger partial charge in [-0.05, 0) is 55.0 Å². The molecule has 10 nitrogen and oxygen atoms in total. The zero-order chi connectivity index (χ0) is 22.8. The molecule has 1 heterocycles. The molecule has 31 heavy (non-hydrogen) atoms. The molecule has 0 radical (unpaired) electrons. The van der Waals surface area contributed by atoms with Crippen molar-refractivity contribution in [2.75, 3.05) is 18.7 Å². The maximum absolute atomic E-state index is 12.9. The van der Waals surface area contributed by atoms with Crippen LogP contribution in [0.3, 0.4) is 0 Å². The summed E-state index contributed by atoms with van der Waals surface area (Å²) >= 11 is 0. The Hall–Kier alpha value is -3.70. The molecule has 0 unspecified atom stereocenters. The van der Waals surface area contributed by atoms with Crippen LogP contribution in [-0.4, -0.2) is 44.8 Å². The minimum atomic E-state index is -3.84. The molecule has 1 aliphatic rings. The van der Waals surface area contributed by atoms with Crippen molar-refractivity contribution in [1.29, 1.82) is 0 Å². The average Bonchev–Trinajstić information content (AvgIpc) is 3.00. The molecule has 0 saturated carbocycles. The number of carbonyl (C=O) groups is 2. The SMILES string of the molecule is COc1cc(/C=C2\C(=O)N(c3ccc(S(N)(=O)=O)cc3)N=C2C)ccc1OCC(=O)O. The lowest BCUT2D eigenvalue weighted by Gasteiger charge is -2.12. The first kappa shape index (κ1) is 22.0. The second kappa shape index (κ2) is 8.58. The molecule has 0 bridgehead atoms. The minimum Gasteiger partial charge on any atom is -0.493 e. The standard InChI is InChI=1S/C20H19N3O7S/c1-12-16(9-13-3-8-17(18(10-13)29-2)30-11-19(24)25)20(26)23(22-12)14-4-6-15(7-5-14)31(21,27)28/h3-10H,11H2,1-2H3,(H,24,25)(H2,21,27,28)/b16-9-. The lowest BCUT2D eigenvalue weighted by Crippen LogP contribution is -2.21. The molecule has 162 valence electrons. The van der Waals surface area contributed by atoms with Crippen LogP contribution < -0.4 is 19.6 Å². The third-order valence-electron chi connectivity index (χ3n) is 4.32. The highest BCUT2D eigenvalue weighted by molar-refractivity contribution is 7.89. The zero-order valence-corrected chi connectivity index (χ0v) is 17.4. The number of primary sulfonamides is 1. The molecule has 2 aromatic rings. The van der Waals surface area contributed by atoms with E-state index in [1.165, 1.54) is 31.4 Å². The van der Waals surface area contributed by atoms with Crippen LogP contribution in [0, 0.1) is 0 Å². The maximum atomic E-state index is 12.9. The number of hydrogen-bond donors (Lipinski definition) is 2. The van der Waals surface area contributed by atoms with Gasteiger partial charge in [-0.15, -0.1) is 0 Å². The topological polar surface area (TPSA) is 149 Å². The van der Waals surface area contributed by atoms with Gasteiger partial charge < -0.3 is 14.6 Å². The van der Waals surface area contributed by atoms with Gasteiger partial charge in [-0.1, -0.05) is 6.07 Å². The van der Waals surface area contributed by atoms with Crippen molar-refractivity contribution in [2.45, 2.75) is 11.8 Å². The minimum absolute atomic E-state index is 0.0725. The molecule has 0 fully saturated rings. The van der Waals surface area contributed by atoms with Gasteiger partial charge in [0.25, 0.3) is 5.91 Å². The van der Waals surface area contributed by atoms with Gasteiger partial charge >= 0.3 is 5.97 Å². The van der Waals surface area contributed by atoms with Crippen molar-refractivity contribution < 1.29 is 32.6 Å². The van der Waals surface area contributed by atoms with Crippen LogP contribution >= 0.6 is 0 Å². The first-order chi connectivity index (χ1) is 14.6. The van der Waals surface area contributed by atoms with Crippen molar-refractivity contribution in [3.63, 3.8) is 0 Å². The van der Waals surface area contributed by atoms with Gasteiger partial charge in [-0.25, -0.2) is 18.4 Å². The van der Waals surface area contributed by atoms with E-state index in [1.807, 2.05) is 0 Å². The number of hydrazone groups is 1. The van der Waals surface area contributed by atoms with Gasteiger partial charge in [0.1, 0.15) is 0 Å². The van der Waals surface area contributed by atoms with Crippen molar-refractivity contribution in [1.82, 2.24) is 0 Å². The largest absolute Gasteiger partial charge is 0.493 e. The lowest BCUT2D eigenvalue weighted by molar-refractivity contribution is -0.139. The molecule has 3 N–H and O–H groups in total. The number of ether oxygens (including phenoxy) is 2. The van der Waals surface area contributed by atoms with Crippen LogP contribution in [0.2, 0.25) is 0 Å². The number of methoxy groups -OCH3 is 1. The highest BCUT2D eigenvalue weighted by Gasteiger charge is 2.29. The Labute approximate surface area is 178 Å². The Morgan fingerprint density at radius 3 is 2.45 bits per heavy atom. The molecular weight excluding hydrogens is 426 g/mol. The third-order valence-corrected chi connectivity index (χ3v) is 5.25. The second-order valence-corrected chi connectivity index (χ2v) is 8.05. The Bertz CT molecular complexity index is 1200. The van der Waals surface area contributed by atoms with Crippen LogP contribution in [-0.2, 0) is 19.6 Å². The lowest BCUT2D eigenvalue weighted by atomic mass is 10.1. The van der Waals surface area contributed by atoms with E-state index in [1.54, 1.807) is 31.2 Å². The van der Waals surface area contributed by atoms with E-state index < -0.39 is 28.5 Å². The number of carbonyl (C=O) groups excluding carboxylic acids is 1. The first-order valence-electron chi connectivity index (χ1n) is 8.87. The quantitative estimate of drug-likeness (QED) is 0.615. The van der Waals surface area contributed by atoms with E-state index in [9.17, 15) is 18.0 Å². The number of sulfonamides is 1. The fraction of sp³-hybridized carbons (Fsp3) is 0.150. The summed E-state index contributed by atoms with van der Waals surface area (Å²) in [5.41, 5.74) is 1.79. The van der Waals surface area contributed by atoms with Gasteiger partial charge in [0.2, 0.25) is 10.0 Å². The van der Waals surface area contributed by atoms with Crippen LogP contribution in [0.25, 0.3) is 6.08 Å². The van der Waals surface area contributed by atoms with Crippen molar-refractivity contribution in [3.05, 3.63) is 53.6 Å². The summed E-state index contributed by atoms with van der Waals surface area (Å²) < 4.78 is 33.2. The van der Waals surface area contributed by atoms with E-state index in [0.717, 1.165) is 5.01 Å². The zero-order valence-electron chi connectivity index (χ0n) is 16.6. The number of rotatable bonds is 7. The predicted octanol–water partition coefficient (Wildman–Crippen LogP) is 1.61. The highest BCUT2D eigenvalue weighted by atomic mass is 32.2. The van der Waals surface area contributed by atoms with Gasteiger partial charge in [0.15, 0.2) is 18.1 Å². The normalized spacial score (nSPS) is 15.2. The summed E-state index contributed by atoms with van der Waals surface area (Å²) in [5, 5.41) is 19.3. The highest BCUT2D eigenvalue weighted by Crippen LogP contribution is 2.31. The maximum Gasteiger partial charge on any atom is 0.341 e. The Kier molecular flexibility index (Phi) is 6.09. The number of nitrogens with two attached hydrogens (primary N) is 1. The molecule has 11 heteroatoms. The molecule has 0 spiro atoms. The number of carboxylic acid groups (broad SMARTS) is 1. The molecule has 0 atom stereocenters. The first-order valence-corrected chi connectivity index (χ1v) is 10.4. The van der Waals surface area contributed by atoms with E-state index in [-0.39, 0.29) is 10.6 Å². The van der Waals surface area contributed by atoms with Gasteiger partial charge in [-0.2, -0.15) is 10.1 Å². The molecular formula is C20H19N3O7S. The molecule has 0 saturated heterocycles. The fourth-order valence-electron chi connectivity index (χ4n) is 2.84. The van der Waals surface area contributed by atoms with Crippen LogP contribution in [0.15, 0.2) is 58.0 Å². The smallest absolute Gasteiger partial charge is 0.341 e. The molecule has 2 aromatic carbocycles. The number of benzene rings is 2. The molecule has 0 aromatic heterocycles. The number of carboxylic acids is 1. The monoisotopic (exact) mass is 445 g/mol. The number of amides is 1. The van der Waals surface area contributed by atoms with E-state index in [2.05, 4.69) is 5.10 Å². The van der Waals surface area contributed by atoms with E-state index in [0.29, 0.717) is 28.3 Å². The van der Waals surface area contributed by atoms with E-state index >= 15 is 0 Å². The molecule has 0 aliphatic carbocycles. The fourth-order valence-corrected chi connectivity index (χ4v) is 3.35. The van der Waals surface area contributed by atoms with E-state index in [4.69, 9.17) is 19.7 Å². The summed E-state index contributed by atoms with van der Waals surface area (Å²) in [6.07, 6.45) is 1.61. The Balaban J connectivity index is 1.86. The summed E-state index contributed by atoms with van der Waals surface area (Å²) in [6, 6.07) is 10.3. The summed E-state index contributed by atoms with van der Waals surface area (Å²) in [4.78, 5) is 23.5. The molecule has 3 rings (SSSR count). The predicted molar refractivity (Wildman–Crippen MR) is 113 cm³/mol. The van der Waals surface area contributed by atoms with Crippen LogP contribution in [0.4, 0.5) is 5.69 Å². The van der Waals surface area contributed by atoms with Gasteiger partial charge in [0.05, 0.1) is 29.0 Å². The number of hydrogen-bond acceptors (Lipinski definition) is 7. The van der Waals surface area contributed by atoms with Crippen molar-refractivity contribution >= 4 is 39.4 Å². The summed E-state index contributed by atoms with van der Waals surface area (Å²) in [5.74, 6) is -0.947. The van der Waals surface area contributed by atoms with Gasteiger partial charge in [-0.3, -0.25) is 4.79 Å². The van der Waals surface area contributed by atoms with Crippen molar-refractivity contribution in [2.24, 2.45) is 10.2 Å². The average molecular weight is 445 g/mol. The third kappa shape index (κ3) is 4.90. The second-order valence-electron chi connectivity index (χ2n) is 6.49. The number of anilines is 1. The Morgan fingerprint density at radius 1 is 1.19 bits per heavy atom. The number of nitrogens with zero attached hydrogens (tertiary/aromatic N) is 2. The summed E-state index contributed by atoms with van der Waals surface area (Å²) in [6.45, 7) is 1.16.